The molecular formula is C13H15BrClN3. The molecule has 3 nitrogen and oxygen atoms in total. The molecule has 0 saturated carbocycles. The molecule has 2 rings (SSSR count). The van der Waals surface area contributed by atoms with Gasteiger partial charge in [-0.2, -0.15) is 0 Å². The number of anilines is 1. The Bertz CT molecular complexity index is 605. The average Bonchev–Trinajstić information content (AvgIpc) is 2.26. The maximum Gasteiger partial charge on any atom is 0.144 e. The summed E-state index contributed by atoms with van der Waals surface area (Å²) >= 11 is 9.64. The summed E-state index contributed by atoms with van der Waals surface area (Å²) in [6.45, 7) is 6.36. The Morgan fingerprint density at radius 1 is 1.28 bits per heavy atom. The first-order valence-corrected chi connectivity index (χ1v) is 6.77. The van der Waals surface area contributed by atoms with Crippen molar-refractivity contribution in [1.29, 1.82) is 0 Å². The van der Waals surface area contributed by atoms with E-state index >= 15 is 0 Å². The highest BCUT2D eigenvalue weighted by molar-refractivity contribution is 9.10. The minimum atomic E-state index is -0.0440. The smallest absolute Gasteiger partial charge is 0.144 e. The van der Waals surface area contributed by atoms with Crippen molar-refractivity contribution in [2.24, 2.45) is 5.84 Å². The molecule has 0 spiro atoms. The average molecular weight is 329 g/mol. The first-order valence-electron chi connectivity index (χ1n) is 5.60. The predicted molar refractivity (Wildman–Crippen MR) is 81.0 cm³/mol. The summed E-state index contributed by atoms with van der Waals surface area (Å²) in [6.07, 6.45) is 0. The van der Waals surface area contributed by atoms with Crippen LogP contribution in [0.2, 0.25) is 5.02 Å². The first kappa shape index (κ1) is 13.6. The van der Waals surface area contributed by atoms with Gasteiger partial charge in [0.25, 0.3) is 0 Å². The number of rotatable bonds is 1. The number of aromatic nitrogens is 1. The van der Waals surface area contributed by atoms with Gasteiger partial charge in [0.05, 0.1) is 10.5 Å². The Labute approximate surface area is 120 Å². The lowest BCUT2D eigenvalue weighted by Crippen LogP contribution is -2.19. The van der Waals surface area contributed by atoms with E-state index in [4.69, 9.17) is 17.4 Å². The van der Waals surface area contributed by atoms with Crippen LogP contribution in [0, 0.1) is 0 Å². The molecule has 0 saturated heterocycles. The van der Waals surface area contributed by atoms with Gasteiger partial charge in [-0.05, 0) is 23.6 Å². The summed E-state index contributed by atoms with van der Waals surface area (Å²) < 4.78 is 0.940. The third-order valence-corrected chi connectivity index (χ3v) is 3.53. The van der Waals surface area contributed by atoms with E-state index in [0.717, 1.165) is 20.9 Å². The Kier molecular flexibility index (Phi) is 3.54. The molecule has 1 aromatic carbocycles. The van der Waals surface area contributed by atoms with Crippen LogP contribution < -0.4 is 11.3 Å². The van der Waals surface area contributed by atoms with E-state index in [0.29, 0.717) is 10.8 Å². The van der Waals surface area contributed by atoms with Gasteiger partial charge in [0.2, 0.25) is 0 Å². The number of hydrogen-bond donors (Lipinski definition) is 2. The zero-order valence-electron chi connectivity index (χ0n) is 10.5. The van der Waals surface area contributed by atoms with Crippen LogP contribution in [0.4, 0.5) is 5.82 Å². The molecule has 0 aliphatic carbocycles. The summed E-state index contributed by atoms with van der Waals surface area (Å²) in [4.78, 5) is 4.51. The number of halogens is 2. The fourth-order valence-electron chi connectivity index (χ4n) is 1.89. The fourth-order valence-corrected chi connectivity index (χ4v) is 2.77. The summed E-state index contributed by atoms with van der Waals surface area (Å²) in [7, 11) is 0. The molecule has 0 bridgehead atoms. The zero-order valence-corrected chi connectivity index (χ0v) is 12.9. The number of nitrogens with zero attached hydrogens (tertiary/aromatic N) is 1. The van der Waals surface area contributed by atoms with Crippen molar-refractivity contribution < 1.29 is 0 Å². The van der Waals surface area contributed by atoms with Crippen molar-refractivity contribution in [2.75, 3.05) is 5.43 Å². The van der Waals surface area contributed by atoms with Crippen LogP contribution in [0.15, 0.2) is 22.7 Å². The van der Waals surface area contributed by atoms with Crippen molar-refractivity contribution >= 4 is 44.3 Å². The number of fused-ring (bicyclic) bond motifs is 1. The molecular weight excluding hydrogens is 314 g/mol. The Hall–Kier alpha value is -0.840. The normalized spacial score (nSPS) is 11.9. The van der Waals surface area contributed by atoms with E-state index < -0.39 is 0 Å². The summed E-state index contributed by atoms with van der Waals surface area (Å²) in [6, 6.07) is 5.91. The van der Waals surface area contributed by atoms with Gasteiger partial charge in [-0.3, -0.25) is 0 Å². The molecule has 1 aromatic heterocycles. The van der Waals surface area contributed by atoms with Crippen LogP contribution in [0.25, 0.3) is 10.9 Å². The third kappa shape index (κ3) is 2.46. The van der Waals surface area contributed by atoms with Crippen LogP contribution >= 0.6 is 27.5 Å². The van der Waals surface area contributed by atoms with E-state index in [-0.39, 0.29) is 5.41 Å². The zero-order chi connectivity index (χ0) is 13.5. The third-order valence-electron chi connectivity index (χ3n) is 2.78. The van der Waals surface area contributed by atoms with Gasteiger partial charge >= 0.3 is 0 Å². The van der Waals surface area contributed by atoms with Gasteiger partial charge < -0.3 is 5.43 Å². The number of hydrazine groups is 1. The molecule has 0 amide bonds. The van der Waals surface area contributed by atoms with Gasteiger partial charge in [0.1, 0.15) is 5.82 Å². The quantitative estimate of drug-likeness (QED) is 0.608. The highest BCUT2D eigenvalue weighted by Gasteiger charge is 2.20. The van der Waals surface area contributed by atoms with E-state index in [1.807, 2.05) is 12.1 Å². The fraction of sp³-hybridized carbons (Fsp3) is 0.308. The van der Waals surface area contributed by atoms with Crippen molar-refractivity contribution in [3.63, 3.8) is 0 Å². The molecule has 0 aliphatic heterocycles. The molecule has 0 atom stereocenters. The number of hydrogen-bond acceptors (Lipinski definition) is 3. The van der Waals surface area contributed by atoms with Gasteiger partial charge in [-0.1, -0.05) is 48.3 Å². The lowest BCUT2D eigenvalue weighted by molar-refractivity contribution is 0.590. The van der Waals surface area contributed by atoms with E-state index in [1.165, 1.54) is 0 Å². The van der Waals surface area contributed by atoms with Gasteiger partial charge in [0, 0.05) is 15.4 Å². The molecule has 1 heterocycles. The molecule has 18 heavy (non-hydrogen) atoms. The molecule has 0 unspecified atom stereocenters. The van der Waals surface area contributed by atoms with Crippen LogP contribution in [-0.4, -0.2) is 4.98 Å². The van der Waals surface area contributed by atoms with Crippen LogP contribution in [0.5, 0.6) is 0 Å². The van der Waals surface area contributed by atoms with Gasteiger partial charge in [-0.15, -0.1) is 0 Å². The molecule has 0 aliphatic rings. The Morgan fingerprint density at radius 3 is 2.50 bits per heavy atom. The minimum absolute atomic E-state index is 0.0440. The SMILES string of the molecule is CC(C)(C)c1cc2cc(Br)cc(Cl)c2nc1NN. The number of nitrogens with two attached hydrogens (primary N) is 1. The predicted octanol–water partition coefficient (Wildman–Crippen LogP) is 4.23. The van der Waals surface area contributed by atoms with Gasteiger partial charge in [0.15, 0.2) is 0 Å². The lowest BCUT2D eigenvalue weighted by atomic mass is 9.86. The molecule has 0 radical (unpaired) electrons. The van der Waals surface area contributed by atoms with Crippen molar-refractivity contribution in [2.45, 2.75) is 26.2 Å². The number of pyridine rings is 1. The maximum atomic E-state index is 6.20. The molecule has 0 fully saturated rings. The summed E-state index contributed by atoms with van der Waals surface area (Å²) in [5, 5.41) is 1.61. The minimum Gasteiger partial charge on any atom is -0.308 e. The summed E-state index contributed by atoms with van der Waals surface area (Å²) in [5.41, 5.74) is 4.42. The second-order valence-corrected chi connectivity index (χ2v) is 6.56. The largest absolute Gasteiger partial charge is 0.308 e. The lowest BCUT2D eigenvalue weighted by Gasteiger charge is -2.22. The molecule has 3 N–H and O–H groups in total. The van der Waals surface area contributed by atoms with Crippen molar-refractivity contribution in [1.82, 2.24) is 4.98 Å². The topological polar surface area (TPSA) is 50.9 Å². The number of nitrogens with one attached hydrogen (secondary N) is 1. The van der Waals surface area contributed by atoms with Crippen LogP contribution in [0.1, 0.15) is 26.3 Å². The molecule has 2 aromatic rings. The Morgan fingerprint density at radius 2 is 1.94 bits per heavy atom. The van der Waals surface area contributed by atoms with E-state index in [2.05, 4.69) is 53.2 Å². The highest BCUT2D eigenvalue weighted by Crippen LogP contribution is 2.34. The number of benzene rings is 1. The van der Waals surface area contributed by atoms with Crippen LogP contribution in [-0.2, 0) is 5.41 Å². The van der Waals surface area contributed by atoms with E-state index in [1.54, 1.807) is 0 Å². The molecule has 5 heteroatoms. The second kappa shape index (κ2) is 4.68. The van der Waals surface area contributed by atoms with Gasteiger partial charge in [-0.25, -0.2) is 10.8 Å². The highest BCUT2D eigenvalue weighted by atomic mass is 79.9. The first-order chi connectivity index (χ1) is 8.32. The second-order valence-electron chi connectivity index (χ2n) is 5.24. The summed E-state index contributed by atoms with van der Waals surface area (Å²) in [5.74, 6) is 6.22. The van der Waals surface area contributed by atoms with Crippen molar-refractivity contribution in [3.05, 3.63) is 33.3 Å². The van der Waals surface area contributed by atoms with Crippen LogP contribution in [0.3, 0.4) is 0 Å². The maximum absolute atomic E-state index is 6.20. The monoisotopic (exact) mass is 327 g/mol. The number of nitrogen functional groups attached to an aromatic ring is 1. The molecule has 96 valence electrons. The Balaban J connectivity index is 2.81. The standard InChI is InChI=1S/C13H15BrClN3/c1-13(2,3)9-5-7-4-8(14)6-10(15)11(7)17-12(9)18-16/h4-6H,16H2,1-3H3,(H,17,18). The van der Waals surface area contributed by atoms with E-state index in [9.17, 15) is 0 Å². The van der Waals surface area contributed by atoms with Crippen molar-refractivity contribution in [3.8, 4) is 0 Å².